The van der Waals surface area contributed by atoms with Crippen molar-refractivity contribution in [2.45, 2.75) is 39.0 Å². The van der Waals surface area contributed by atoms with Crippen molar-refractivity contribution in [2.24, 2.45) is 5.10 Å². The third kappa shape index (κ3) is 2.48. The topological polar surface area (TPSA) is 50.5 Å². The van der Waals surface area contributed by atoms with Crippen molar-refractivity contribution in [1.29, 1.82) is 0 Å². The quantitative estimate of drug-likeness (QED) is 0.645. The number of nitrogens with zero attached hydrogens (tertiary/aromatic N) is 4. The summed E-state index contributed by atoms with van der Waals surface area (Å²) in [5.41, 5.74) is 1.20. The molecule has 0 aliphatic heterocycles. The lowest BCUT2D eigenvalue weighted by Crippen LogP contribution is -2.23. The Kier molecular flexibility index (Phi) is 3.80. The zero-order chi connectivity index (χ0) is 15.0. The molecule has 0 unspecified atom stereocenters. The van der Waals surface area contributed by atoms with Gasteiger partial charge in [0.1, 0.15) is 17.0 Å². The molecule has 2 aromatic rings. The van der Waals surface area contributed by atoms with Crippen LogP contribution in [0.2, 0.25) is 0 Å². The highest BCUT2D eigenvalue weighted by Crippen LogP contribution is 2.33. The molecule has 0 spiro atoms. The molecule has 1 aliphatic carbocycles. The molecule has 112 valence electrons. The van der Waals surface area contributed by atoms with Gasteiger partial charge in [-0.25, -0.2) is 4.98 Å². The molecule has 0 aromatic carbocycles. The van der Waals surface area contributed by atoms with Gasteiger partial charge in [-0.1, -0.05) is 6.92 Å². The van der Waals surface area contributed by atoms with Gasteiger partial charge in [0.2, 0.25) is 0 Å². The van der Waals surface area contributed by atoms with E-state index >= 15 is 0 Å². The van der Waals surface area contributed by atoms with Crippen molar-refractivity contribution in [3.63, 3.8) is 0 Å². The first-order valence-corrected chi connectivity index (χ1v) is 8.20. The maximum Gasteiger partial charge on any atom is 0.283 e. The molecule has 0 amide bonds. The van der Waals surface area contributed by atoms with Gasteiger partial charge in [0.25, 0.3) is 5.56 Å². The molecule has 0 radical (unpaired) electrons. The number of fused-ring (bicyclic) bond motifs is 3. The molecule has 6 heteroatoms. The SMILES string of the molecule is CCc1nc2sc3c(c2c(=O)n1N=CN(C)C)CCCC3. The molecule has 2 aromatic heterocycles. The third-order valence-electron chi connectivity index (χ3n) is 3.75. The normalized spacial score (nSPS) is 14.8. The maximum atomic E-state index is 12.9. The Labute approximate surface area is 127 Å². The monoisotopic (exact) mass is 304 g/mol. The minimum Gasteiger partial charge on any atom is -0.367 e. The second-order valence-corrected chi connectivity index (χ2v) is 6.67. The van der Waals surface area contributed by atoms with Crippen molar-refractivity contribution in [1.82, 2.24) is 14.6 Å². The average molecular weight is 304 g/mol. The average Bonchev–Trinajstić information content (AvgIpc) is 2.84. The highest BCUT2D eigenvalue weighted by atomic mass is 32.1. The third-order valence-corrected chi connectivity index (χ3v) is 4.93. The van der Waals surface area contributed by atoms with Gasteiger partial charge in [0, 0.05) is 25.4 Å². The molecule has 0 atom stereocenters. The van der Waals surface area contributed by atoms with Gasteiger partial charge < -0.3 is 4.90 Å². The summed E-state index contributed by atoms with van der Waals surface area (Å²) in [5, 5.41) is 5.10. The lowest BCUT2D eigenvalue weighted by Gasteiger charge is -2.11. The molecule has 2 heterocycles. The number of aromatic nitrogens is 2. The Morgan fingerprint density at radius 2 is 2.14 bits per heavy atom. The minimum absolute atomic E-state index is 0.0191. The first kappa shape index (κ1) is 14.3. The predicted molar refractivity (Wildman–Crippen MR) is 87.5 cm³/mol. The van der Waals surface area contributed by atoms with E-state index in [1.54, 1.807) is 17.7 Å². The van der Waals surface area contributed by atoms with E-state index in [0.29, 0.717) is 6.42 Å². The van der Waals surface area contributed by atoms with E-state index in [1.165, 1.54) is 21.5 Å². The van der Waals surface area contributed by atoms with Crippen LogP contribution >= 0.6 is 11.3 Å². The standard InChI is InChI=1S/C15H20N4OS/c1-4-12-17-14-13(10-7-5-6-8-11(10)21-14)15(20)19(12)16-9-18(2)3/h9H,4-8H2,1-3H3. The summed E-state index contributed by atoms with van der Waals surface area (Å²) < 4.78 is 1.46. The van der Waals surface area contributed by atoms with E-state index in [0.717, 1.165) is 35.3 Å². The van der Waals surface area contributed by atoms with Gasteiger partial charge in [-0.3, -0.25) is 4.79 Å². The summed E-state index contributed by atoms with van der Waals surface area (Å²) >= 11 is 1.69. The molecule has 0 saturated carbocycles. The van der Waals surface area contributed by atoms with E-state index in [-0.39, 0.29) is 5.56 Å². The van der Waals surface area contributed by atoms with Gasteiger partial charge in [-0.15, -0.1) is 11.3 Å². The van der Waals surface area contributed by atoms with Gasteiger partial charge >= 0.3 is 0 Å². The van der Waals surface area contributed by atoms with Gasteiger partial charge in [0.05, 0.1) is 5.39 Å². The highest BCUT2D eigenvalue weighted by Gasteiger charge is 2.21. The van der Waals surface area contributed by atoms with Crippen LogP contribution in [0.25, 0.3) is 10.2 Å². The molecule has 3 rings (SSSR count). The summed E-state index contributed by atoms with van der Waals surface area (Å²) in [4.78, 5) is 21.6. The van der Waals surface area contributed by atoms with Crippen LogP contribution in [-0.2, 0) is 19.3 Å². The molecular formula is C15H20N4OS. The van der Waals surface area contributed by atoms with Crippen LogP contribution < -0.4 is 5.56 Å². The largest absolute Gasteiger partial charge is 0.367 e. The molecular weight excluding hydrogens is 284 g/mol. The van der Waals surface area contributed by atoms with Gasteiger partial charge in [0.15, 0.2) is 0 Å². The van der Waals surface area contributed by atoms with Crippen LogP contribution in [0.1, 0.15) is 36.0 Å². The maximum absolute atomic E-state index is 12.9. The molecule has 5 nitrogen and oxygen atoms in total. The van der Waals surface area contributed by atoms with Crippen LogP contribution in [0, 0.1) is 0 Å². The number of rotatable bonds is 3. The predicted octanol–water partition coefficient (Wildman–Crippen LogP) is 2.25. The number of thiophene rings is 1. The minimum atomic E-state index is -0.0191. The zero-order valence-electron chi connectivity index (χ0n) is 12.7. The van der Waals surface area contributed by atoms with Crippen molar-refractivity contribution in [3.8, 4) is 0 Å². The van der Waals surface area contributed by atoms with Crippen LogP contribution in [0.5, 0.6) is 0 Å². The Balaban J connectivity index is 2.27. The van der Waals surface area contributed by atoms with E-state index < -0.39 is 0 Å². The van der Waals surface area contributed by atoms with Crippen molar-refractivity contribution >= 4 is 27.9 Å². The Bertz CT molecular complexity index is 757. The van der Waals surface area contributed by atoms with E-state index in [2.05, 4.69) is 10.1 Å². The smallest absolute Gasteiger partial charge is 0.283 e. The highest BCUT2D eigenvalue weighted by molar-refractivity contribution is 7.18. The Morgan fingerprint density at radius 1 is 1.38 bits per heavy atom. The molecule has 21 heavy (non-hydrogen) atoms. The van der Waals surface area contributed by atoms with E-state index in [9.17, 15) is 4.79 Å². The van der Waals surface area contributed by atoms with Crippen LogP contribution in [0.4, 0.5) is 0 Å². The first-order chi connectivity index (χ1) is 10.1. The second kappa shape index (κ2) is 5.60. The fourth-order valence-corrected chi connectivity index (χ4v) is 4.01. The van der Waals surface area contributed by atoms with Gasteiger partial charge in [-0.2, -0.15) is 9.78 Å². The van der Waals surface area contributed by atoms with Crippen LogP contribution in [0.15, 0.2) is 9.90 Å². The van der Waals surface area contributed by atoms with E-state index in [1.807, 2.05) is 25.9 Å². The van der Waals surface area contributed by atoms with Gasteiger partial charge in [-0.05, 0) is 31.2 Å². The summed E-state index contributed by atoms with van der Waals surface area (Å²) in [6.45, 7) is 2.00. The number of hydrogen-bond donors (Lipinski definition) is 0. The first-order valence-electron chi connectivity index (χ1n) is 7.39. The number of aryl methyl sites for hydroxylation is 3. The van der Waals surface area contributed by atoms with Crippen molar-refractivity contribution in [2.75, 3.05) is 14.1 Å². The summed E-state index contributed by atoms with van der Waals surface area (Å²) in [5.74, 6) is 0.726. The van der Waals surface area contributed by atoms with Crippen LogP contribution in [-0.4, -0.2) is 35.0 Å². The van der Waals surface area contributed by atoms with Crippen molar-refractivity contribution in [3.05, 3.63) is 26.6 Å². The van der Waals surface area contributed by atoms with Crippen LogP contribution in [0.3, 0.4) is 0 Å². The molecule has 0 fully saturated rings. The summed E-state index contributed by atoms with van der Waals surface area (Å²) in [6.07, 6.45) is 6.79. The summed E-state index contributed by atoms with van der Waals surface area (Å²) in [6, 6.07) is 0. The molecule has 0 saturated heterocycles. The fourth-order valence-electron chi connectivity index (χ4n) is 2.74. The molecule has 1 aliphatic rings. The Hall–Kier alpha value is -1.69. The fraction of sp³-hybridized carbons (Fsp3) is 0.533. The molecule has 0 bridgehead atoms. The lowest BCUT2D eigenvalue weighted by atomic mass is 9.97. The lowest BCUT2D eigenvalue weighted by molar-refractivity contribution is 0.623. The molecule has 0 N–H and O–H groups in total. The second-order valence-electron chi connectivity index (χ2n) is 5.58. The summed E-state index contributed by atoms with van der Waals surface area (Å²) in [7, 11) is 3.77. The van der Waals surface area contributed by atoms with Crippen molar-refractivity contribution < 1.29 is 0 Å². The number of hydrogen-bond acceptors (Lipinski definition) is 4. The Morgan fingerprint density at radius 3 is 2.86 bits per heavy atom. The van der Waals surface area contributed by atoms with E-state index in [4.69, 9.17) is 0 Å². The zero-order valence-corrected chi connectivity index (χ0v) is 13.5.